The Kier molecular flexibility index (Phi) is 20.8. The van der Waals surface area contributed by atoms with Crippen LogP contribution >= 0.6 is 0 Å². The van der Waals surface area contributed by atoms with Gasteiger partial charge in [0.15, 0.2) is 0 Å². The molecule has 9 heteroatoms. The maximum absolute atomic E-state index is 11.7. The molecule has 2 unspecified atom stereocenters. The van der Waals surface area contributed by atoms with Crippen LogP contribution in [0.1, 0.15) is 175 Å². The van der Waals surface area contributed by atoms with Gasteiger partial charge in [-0.15, -0.1) is 11.5 Å². The monoisotopic (exact) mass is 1380 g/mol. The summed E-state index contributed by atoms with van der Waals surface area (Å²) in [4.78, 5) is 9.35. The molecule has 0 saturated heterocycles. The van der Waals surface area contributed by atoms with Crippen molar-refractivity contribution in [3.05, 3.63) is 245 Å². The first-order valence-electron chi connectivity index (χ1n) is 31.8. The summed E-state index contributed by atoms with van der Waals surface area (Å²) in [5.74, 6) is 0.297. The van der Waals surface area contributed by atoms with Crippen LogP contribution in [-0.2, 0) is 71.1 Å². The topological polar surface area (TPSA) is 70.8 Å². The van der Waals surface area contributed by atoms with Gasteiger partial charge in [0.1, 0.15) is 16.1 Å². The molecule has 0 saturated carbocycles. The van der Waals surface area contributed by atoms with E-state index in [0.29, 0.717) is 7.25 Å². The molecule has 4 aliphatic heterocycles. The largest absolute Gasteiger partial charge is 1.00 e. The van der Waals surface area contributed by atoms with Crippen LogP contribution in [0.5, 0.6) is 11.5 Å². The minimum absolute atomic E-state index is 0. The average molecular weight is 1390 g/mol. The summed E-state index contributed by atoms with van der Waals surface area (Å²) in [6.45, 7) is 44.1. The van der Waals surface area contributed by atoms with Crippen LogP contribution < -0.4 is 22.6 Å². The van der Waals surface area contributed by atoms with E-state index < -0.39 is 16.1 Å². The van der Waals surface area contributed by atoms with Crippen molar-refractivity contribution in [1.82, 2.24) is 0 Å². The summed E-state index contributed by atoms with van der Waals surface area (Å²) in [6.07, 6.45) is 15.9. The van der Waals surface area contributed by atoms with Crippen molar-refractivity contribution < 1.29 is 72.1 Å². The molecule has 89 heavy (non-hydrogen) atoms. The number of hydrogen-bond donors (Lipinski definition) is 0. The molecule has 0 radical (unpaired) electrons. The van der Waals surface area contributed by atoms with Gasteiger partial charge in [0, 0.05) is 22.6 Å². The molecule has 460 valence electrons. The first-order chi connectivity index (χ1) is 41.1. The van der Waals surface area contributed by atoms with Crippen LogP contribution in [0.3, 0.4) is 0 Å². The van der Waals surface area contributed by atoms with E-state index in [-0.39, 0.29) is 45.6 Å². The smallest absolute Gasteiger partial charge is 0.116 e. The number of aliphatic imine (C=N–C) groups is 2. The summed E-state index contributed by atoms with van der Waals surface area (Å²) >= 11 is 3.18. The maximum atomic E-state index is 11.7. The van der Waals surface area contributed by atoms with Gasteiger partial charge in [-0.05, 0) is 78.6 Å². The van der Waals surface area contributed by atoms with E-state index in [9.17, 15) is 10.2 Å². The SMILES string of the molecule is CC(C)(C)c1ccc([O-])c(C(C)(C)C)c1.CC(C)(C)c1ccc([O-])c(C(C)(C)C)c1.CC1=Cc2c(-c3ccccc3)cccc2[CH]1[Zr].CC1=Cc2c(ccc3ccccc23)[CH]1[Zr].CCC1=NC2=CC=C3C2=C1[Si]3(C)C.CCC1=NC2=CC=C3C2=C1[Si]3(C)C.[Cl-]. The van der Waals surface area contributed by atoms with Crippen molar-refractivity contribution >= 4 is 50.5 Å². The Morgan fingerprint density at radius 1 is 0.472 bits per heavy atom. The fraction of sp³-hybridized carbons (Fsp3) is 0.350. The molecule has 0 fully saturated rings. The molecule has 0 N–H and O–H groups in total. The molecule has 8 aliphatic rings. The Morgan fingerprint density at radius 3 is 1.34 bits per heavy atom. The van der Waals surface area contributed by atoms with Gasteiger partial charge in [0.2, 0.25) is 0 Å². The fourth-order valence-corrected chi connectivity index (χ4v) is 21.5. The molecule has 0 amide bonds. The number of benzene rings is 6. The first kappa shape index (κ1) is 69.8. The van der Waals surface area contributed by atoms with E-state index in [4.69, 9.17) is 0 Å². The predicted molar refractivity (Wildman–Crippen MR) is 372 cm³/mol. The first-order valence-corrected chi connectivity index (χ1v) is 40.6. The molecule has 0 aromatic heterocycles. The summed E-state index contributed by atoms with van der Waals surface area (Å²) < 4.78 is 1.33. The minimum atomic E-state index is -1.19. The number of halogens is 1. The second kappa shape index (κ2) is 26.5. The van der Waals surface area contributed by atoms with Gasteiger partial charge in [-0.3, -0.25) is 9.98 Å². The van der Waals surface area contributed by atoms with E-state index in [1.807, 2.05) is 12.1 Å². The van der Waals surface area contributed by atoms with Crippen molar-refractivity contribution in [2.75, 3.05) is 0 Å². The van der Waals surface area contributed by atoms with Crippen LogP contribution in [-0.4, -0.2) is 27.6 Å². The predicted octanol–water partition coefficient (Wildman–Crippen LogP) is 17.5. The Bertz CT molecular complexity index is 3940. The summed E-state index contributed by atoms with van der Waals surface area (Å²) in [5.41, 5.74) is 24.2. The molecular weight excluding hydrogens is 1290 g/mol. The Hall–Kier alpha value is -5.07. The van der Waals surface area contributed by atoms with E-state index in [0.717, 1.165) is 24.0 Å². The molecule has 0 bridgehead atoms. The van der Waals surface area contributed by atoms with E-state index in [2.05, 4.69) is 280 Å². The second-order valence-electron chi connectivity index (χ2n) is 29.9. The minimum Gasteiger partial charge on any atom is -1.00 e. The molecule has 4 nitrogen and oxygen atoms in total. The van der Waals surface area contributed by atoms with E-state index >= 15 is 0 Å². The molecular formula is C80H92ClN2O2Si2Zr2-3. The molecule has 6 aromatic rings. The zero-order valence-corrected chi connectivity index (χ0v) is 64.3. The third-order valence-electron chi connectivity index (χ3n) is 18.5. The summed E-state index contributed by atoms with van der Waals surface area (Å²) in [6, 6.07) is 41.9. The Morgan fingerprint density at radius 2 is 0.899 bits per heavy atom. The Labute approximate surface area is 573 Å². The number of allylic oxidation sites excluding steroid dienone is 10. The Balaban J connectivity index is 0.000000138. The standard InChI is InChI=1S/C16H13.2C14H22O.C14H11.2C11H13NSi.ClH.2Zr/c1-12-10-14-8-5-9-15(16(14)11-12)13-6-3-2-4-7-13;2*1-13(2,3)10-7-8-12(15)11(9-10)14(4,5)6;1-10-8-12-7-6-11-4-2-3-5-13(11)14(12)9-10;2*1-4-7-11-10-8(12-7)5-6-9(10)13(11,2)3;;;/h2-11H,1H3;2*7-9,15H,1-6H3;2-9H,1H3;2*5-6H,4H2,1-3H3;1H;;/p-3. The van der Waals surface area contributed by atoms with Crippen LogP contribution in [0.2, 0.25) is 26.2 Å². The third kappa shape index (κ3) is 14.0. The van der Waals surface area contributed by atoms with Gasteiger partial charge in [0.05, 0.1) is 11.4 Å². The zero-order chi connectivity index (χ0) is 64.4. The van der Waals surface area contributed by atoms with Gasteiger partial charge in [-0.25, -0.2) is 0 Å². The van der Waals surface area contributed by atoms with E-state index in [1.54, 1.807) is 82.4 Å². The molecule has 4 aliphatic carbocycles. The molecule has 14 rings (SSSR count). The maximum Gasteiger partial charge on any atom is 0.116 e. The van der Waals surface area contributed by atoms with Gasteiger partial charge < -0.3 is 22.6 Å². The van der Waals surface area contributed by atoms with Gasteiger partial charge in [-0.2, -0.15) is 0 Å². The molecule has 4 heterocycles. The third-order valence-corrected chi connectivity index (χ3v) is 29.4. The molecule has 6 aromatic carbocycles. The van der Waals surface area contributed by atoms with Crippen LogP contribution in [0.25, 0.3) is 34.1 Å². The summed E-state index contributed by atoms with van der Waals surface area (Å²) in [5, 5.41) is 32.8. The molecule has 0 spiro atoms. The fourth-order valence-electron chi connectivity index (χ4n) is 13.2. The number of fused-ring (bicyclic) bond motifs is 4. The van der Waals surface area contributed by atoms with Gasteiger partial charge in [-0.1, -0.05) is 183 Å². The van der Waals surface area contributed by atoms with Crippen molar-refractivity contribution in [3.63, 3.8) is 0 Å². The van der Waals surface area contributed by atoms with Gasteiger partial charge in [0.25, 0.3) is 0 Å². The van der Waals surface area contributed by atoms with E-state index in [1.165, 1.54) is 100 Å². The van der Waals surface area contributed by atoms with Gasteiger partial charge >= 0.3 is 223 Å². The van der Waals surface area contributed by atoms with Crippen molar-refractivity contribution in [2.45, 2.75) is 179 Å². The average Bonchev–Trinajstić information content (AvgIpc) is 1.55. The second-order valence-corrected chi connectivity index (χ2v) is 41.3. The summed E-state index contributed by atoms with van der Waals surface area (Å²) in [7, 11) is -2.39. The van der Waals surface area contributed by atoms with Crippen LogP contribution in [0.15, 0.2) is 210 Å². The molecule has 2 atom stereocenters. The van der Waals surface area contributed by atoms with Crippen molar-refractivity contribution in [2.24, 2.45) is 9.98 Å². The van der Waals surface area contributed by atoms with Crippen molar-refractivity contribution in [3.8, 4) is 22.6 Å². The normalized spacial score (nSPS) is 18.7. The van der Waals surface area contributed by atoms with Crippen LogP contribution in [0.4, 0.5) is 0 Å². The van der Waals surface area contributed by atoms with Crippen molar-refractivity contribution in [1.29, 1.82) is 0 Å². The zero-order valence-electron chi connectivity index (χ0n) is 56.7. The number of nitrogens with zero attached hydrogens (tertiary/aromatic N) is 2. The number of rotatable bonds is 3. The number of hydrogen-bond acceptors (Lipinski definition) is 4. The van der Waals surface area contributed by atoms with Crippen LogP contribution in [0, 0.1) is 0 Å². The quantitative estimate of drug-likeness (QED) is 0.166.